The molecule has 106 valence electrons. The Bertz CT molecular complexity index is 131. The van der Waals surface area contributed by atoms with Crippen LogP contribution in [0.5, 0.6) is 0 Å². The van der Waals surface area contributed by atoms with Crippen LogP contribution >= 0.6 is 0 Å². The van der Waals surface area contributed by atoms with Crippen molar-refractivity contribution in [2.24, 2.45) is 0 Å². The molecule has 0 rings (SSSR count). The second kappa shape index (κ2) is 13.9. The summed E-state index contributed by atoms with van der Waals surface area (Å²) in [6.45, 7) is 6.17. The van der Waals surface area contributed by atoms with Crippen molar-refractivity contribution in [1.82, 2.24) is 9.80 Å². The van der Waals surface area contributed by atoms with Crippen molar-refractivity contribution < 1.29 is 15.3 Å². The van der Waals surface area contributed by atoms with Crippen LogP contribution in [0.4, 0.5) is 0 Å². The van der Waals surface area contributed by atoms with E-state index in [1.54, 1.807) is 4.90 Å². The van der Waals surface area contributed by atoms with Gasteiger partial charge in [0.25, 0.3) is 0 Å². The summed E-state index contributed by atoms with van der Waals surface area (Å²) in [7, 11) is 4.21. The van der Waals surface area contributed by atoms with Gasteiger partial charge in [-0.1, -0.05) is 6.92 Å². The monoisotopic (exact) mass is 250 g/mol. The van der Waals surface area contributed by atoms with Gasteiger partial charge in [-0.2, -0.15) is 0 Å². The molecule has 0 bridgehead atoms. The summed E-state index contributed by atoms with van der Waals surface area (Å²) in [6, 6.07) is 0.736. The van der Waals surface area contributed by atoms with E-state index in [0.29, 0.717) is 19.6 Å². The fourth-order valence-corrected chi connectivity index (χ4v) is 1.12. The zero-order valence-corrected chi connectivity index (χ0v) is 11.8. The van der Waals surface area contributed by atoms with Crippen molar-refractivity contribution in [2.75, 3.05) is 53.6 Å². The number of rotatable bonds is 8. The maximum atomic E-state index is 8.48. The van der Waals surface area contributed by atoms with Crippen molar-refractivity contribution in [3.05, 3.63) is 0 Å². The molecular weight excluding hydrogens is 220 g/mol. The van der Waals surface area contributed by atoms with E-state index in [4.69, 9.17) is 15.3 Å². The molecule has 0 heterocycles. The summed E-state index contributed by atoms with van der Waals surface area (Å²) in [4.78, 5) is 4.01. The Labute approximate surface area is 106 Å². The van der Waals surface area contributed by atoms with Crippen LogP contribution in [0.15, 0.2) is 0 Å². The van der Waals surface area contributed by atoms with E-state index in [-0.39, 0.29) is 19.8 Å². The van der Waals surface area contributed by atoms with Gasteiger partial charge in [0.05, 0.1) is 19.8 Å². The highest BCUT2D eigenvalue weighted by molar-refractivity contribution is 4.54. The van der Waals surface area contributed by atoms with Crippen LogP contribution in [0.3, 0.4) is 0 Å². The Balaban J connectivity index is 0. The highest BCUT2D eigenvalue weighted by Gasteiger charge is 2.00. The fraction of sp³-hybridized carbons (Fsp3) is 1.00. The SMILES string of the molecule is CCC(C)N(C)C.OCCN(CCO)CCO. The first-order valence-corrected chi connectivity index (χ1v) is 6.24. The zero-order valence-electron chi connectivity index (χ0n) is 11.8. The lowest BCUT2D eigenvalue weighted by atomic mass is 10.2. The second-order valence-corrected chi connectivity index (χ2v) is 4.23. The molecule has 0 aromatic rings. The van der Waals surface area contributed by atoms with Gasteiger partial charge in [0.15, 0.2) is 0 Å². The van der Waals surface area contributed by atoms with E-state index in [2.05, 4.69) is 32.8 Å². The Hall–Kier alpha value is -0.200. The second-order valence-electron chi connectivity index (χ2n) is 4.23. The molecule has 0 spiro atoms. The van der Waals surface area contributed by atoms with E-state index in [0.717, 1.165) is 6.04 Å². The van der Waals surface area contributed by atoms with Crippen LogP contribution < -0.4 is 0 Å². The first-order valence-electron chi connectivity index (χ1n) is 6.24. The first kappa shape index (κ1) is 19.1. The molecule has 0 aromatic carbocycles. The maximum Gasteiger partial charge on any atom is 0.0558 e. The Morgan fingerprint density at radius 1 is 0.882 bits per heavy atom. The molecule has 1 unspecified atom stereocenters. The van der Waals surface area contributed by atoms with Gasteiger partial charge in [0, 0.05) is 25.7 Å². The number of aliphatic hydroxyl groups is 3. The minimum atomic E-state index is 0.0694. The molecule has 0 fully saturated rings. The smallest absolute Gasteiger partial charge is 0.0558 e. The average molecular weight is 250 g/mol. The predicted molar refractivity (Wildman–Crippen MR) is 71.1 cm³/mol. The van der Waals surface area contributed by atoms with Crippen LogP contribution in [0, 0.1) is 0 Å². The Morgan fingerprint density at radius 2 is 1.24 bits per heavy atom. The number of aliphatic hydroxyl groups excluding tert-OH is 3. The van der Waals surface area contributed by atoms with Gasteiger partial charge in [-0.3, -0.25) is 4.90 Å². The third-order valence-corrected chi connectivity index (χ3v) is 2.72. The third-order valence-electron chi connectivity index (χ3n) is 2.72. The Kier molecular flexibility index (Phi) is 15.6. The summed E-state index contributed by atoms with van der Waals surface area (Å²) in [6.07, 6.45) is 1.24. The van der Waals surface area contributed by atoms with Crippen LogP contribution in [-0.4, -0.2) is 84.7 Å². The largest absolute Gasteiger partial charge is 0.395 e. The summed E-state index contributed by atoms with van der Waals surface area (Å²) in [5, 5.41) is 25.5. The lowest BCUT2D eigenvalue weighted by molar-refractivity contribution is 0.136. The normalized spacial score (nSPS) is 12.5. The van der Waals surface area contributed by atoms with E-state index < -0.39 is 0 Å². The molecule has 0 radical (unpaired) electrons. The van der Waals surface area contributed by atoms with Crippen LogP contribution in [0.2, 0.25) is 0 Å². The van der Waals surface area contributed by atoms with E-state index in [9.17, 15) is 0 Å². The molecule has 5 nitrogen and oxygen atoms in total. The lowest BCUT2D eigenvalue weighted by Crippen LogP contribution is -2.32. The number of nitrogens with zero attached hydrogens (tertiary/aromatic N) is 2. The molecule has 3 N–H and O–H groups in total. The predicted octanol–water partition coefficient (Wildman–Crippen LogP) is -0.388. The van der Waals surface area contributed by atoms with Gasteiger partial charge < -0.3 is 20.2 Å². The molecule has 0 saturated heterocycles. The zero-order chi connectivity index (χ0) is 13.7. The number of hydrogen-bond donors (Lipinski definition) is 3. The molecular formula is C12H30N2O3. The van der Waals surface area contributed by atoms with E-state index >= 15 is 0 Å². The van der Waals surface area contributed by atoms with Gasteiger partial charge in [-0.15, -0.1) is 0 Å². The average Bonchev–Trinajstić information content (AvgIpc) is 2.30. The van der Waals surface area contributed by atoms with Crippen molar-refractivity contribution in [1.29, 1.82) is 0 Å². The van der Waals surface area contributed by atoms with Crippen LogP contribution in [0.25, 0.3) is 0 Å². The fourth-order valence-electron chi connectivity index (χ4n) is 1.12. The Morgan fingerprint density at radius 3 is 1.35 bits per heavy atom. The van der Waals surface area contributed by atoms with E-state index in [1.807, 2.05) is 0 Å². The molecule has 0 aromatic heterocycles. The number of hydrogen-bond acceptors (Lipinski definition) is 5. The molecule has 17 heavy (non-hydrogen) atoms. The van der Waals surface area contributed by atoms with Crippen molar-refractivity contribution in [3.63, 3.8) is 0 Å². The van der Waals surface area contributed by atoms with Crippen LogP contribution in [-0.2, 0) is 0 Å². The molecule has 0 saturated carbocycles. The first-order chi connectivity index (χ1) is 8.03. The van der Waals surface area contributed by atoms with Gasteiger partial charge >= 0.3 is 0 Å². The highest BCUT2D eigenvalue weighted by Crippen LogP contribution is 1.93. The van der Waals surface area contributed by atoms with Gasteiger partial charge in [-0.05, 0) is 27.4 Å². The summed E-state index contributed by atoms with van der Waals surface area (Å²) < 4.78 is 0. The van der Waals surface area contributed by atoms with Crippen molar-refractivity contribution in [2.45, 2.75) is 26.3 Å². The summed E-state index contributed by atoms with van der Waals surface area (Å²) in [5.41, 5.74) is 0. The van der Waals surface area contributed by atoms with Gasteiger partial charge in [-0.25, -0.2) is 0 Å². The molecule has 0 aliphatic carbocycles. The summed E-state index contributed by atoms with van der Waals surface area (Å²) >= 11 is 0. The maximum absolute atomic E-state index is 8.48. The minimum absolute atomic E-state index is 0.0694. The topological polar surface area (TPSA) is 67.2 Å². The van der Waals surface area contributed by atoms with E-state index in [1.165, 1.54) is 6.42 Å². The quantitative estimate of drug-likeness (QED) is 0.547. The molecule has 5 heteroatoms. The van der Waals surface area contributed by atoms with Crippen molar-refractivity contribution in [3.8, 4) is 0 Å². The highest BCUT2D eigenvalue weighted by atomic mass is 16.3. The molecule has 1 atom stereocenters. The van der Waals surface area contributed by atoms with Gasteiger partial charge in [0.2, 0.25) is 0 Å². The standard InChI is InChI=1S/C6H15NO3.C6H15N/c8-4-1-7(2-5-9)3-6-10;1-5-6(2)7(3)4/h8-10H,1-6H2;6H,5H2,1-4H3. The molecule has 0 aliphatic rings. The van der Waals surface area contributed by atoms with Crippen LogP contribution in [0.1, 0.15) is 20.3 Å². The van der Waals surface area contributed by atoms with Gasteiger partial charge in [0.1, 0.15) is 0 Å². The molecule has 0 aliphatic heterocycles. The van der Waals surface area contributed by atoms with Crippen molar-refractivity contribution >= 4 is 0 Å². The summed E-state index contributed by atoms with van der Waals surface area (Å²) in [5.74, 6) is 0. The molecule has 0 amide bonds. The third kappa shape index (κ3) is 13.7. The minimum Gasteiger partial charge on any atom is -0.395 e. The lowest BCUT2D eigenvalue weighted by Gasteiger charge is -2.17.